The van der Waals surface area contributed by atoms with Gasteiger partial charge in [0, 0.05) is 17.9 Å². The molecule has 0 radical (unpaired) electrons. The SMILES string of the molecule is C=C(C)C(CO)CCBr. The topological polar surface area (TPSA) is 20.2 Å². The van der Waals surface area contributed by atoms with E-state index >= 15 is 0 Å². The van der Waals surface area contributed by atoms with Crippen molar-refractivity contribution in [3.63, 3.8) is 0 Å². The number of aliphatic hydroxyl groups excluding tert-OH is 1. The van der Waals surface area contributed by atoms with Crippen molar-refractivity contribution in [3.05, 3.63) is 12.2 Å². The monoisotopic (exact) mass is 192 g/mol. The highest BCUT2D eigenvalue weighted by Crippen LogP contribution is 2.12. The van der Waals surface area contributed by atoms with E-state index in [2.05, 4.69) is 22.5 Å². The lowest BCUT2D eigenvalue weighted by Gasteiger charge is -2.10. The largest absolute Gasteiger partial charge is 0.396 e. The van der Waals surface area contributed by atoms with Gasteiger partial charge in [-0.2, -0.15) is 0 Å². The van der Waals surface area contributed by atoms with Gasteiger partial charge < -0.3 is 5.11 Å². The maximum Gasteiger partial charge on any atom is 0.0496 e. The van der Waals surface area contributed by atoms with Crippen molar-refractivity contribution < 1.29 is 5.11 Å². The van der Waals surface area contributed by atoms with Gasteiger partial charge in [0.1, 0.15) is 0 Å². The van der Waals surface area contributed by atoms with Crippen molar-refractivity contribution in [2.75, 3.05) is 11.9 Å². The zero-order valence-electron chi connectivity index (χ0n) is 5.73. The smallest absolute Gasteiger partial charge is 0.0496 e. The summed E-state index contributed by atoms with van der Waals surface area (Å²) in [7, 11) is 0. The summed E-state index contributed by atoms with van der Waals surface area (Å²) in [6.45, 7) is 5.94. The van der Waals surface area contributed by atoms with Crippen LogP contribution in [0.25, 0.3) is 0 Å². The normalized spacial score (nSPS) is 13.2. The Morgan fingerprint density at radius 2 is 2.33 bits per heavy atom. The Kier molecular flexibility index (Phi) is 5.10. The molecule has 0 amide bonds. The van der Waals surface area contributed by atoms with Gasteiger partial charge in [-0.05, 0) is 13.3 Å². The highest BCUT2D eigenvalue weighted by Gasteiger charge is 2.05. The molecule has 0 spiro atoms. The third kappa shape index (κ3) is 3.71. The molecular weight excluding hydrogens is 180 g/mol. The van der Waals surface area contributed by atoms with E-state index in [1.165, 1.54) is 0 Å². The number of halogens is 1. The summed E-state index contributed by atoms with van der Waals surface area (Å²) >= 11 is 3.31. The van der Waals surface area contributed by atoms with Gasteiger partial charge in [-0.1, -0.05) is 28.1 Å². The highest BCUT2D eigenvalue weighted by molar-refractivity contribution is 9.09. The minimum atomic E-state index is 0.223. The van der Waals surface area contributed by atoms with Crippen LogP contribution in [0.2, 0.25) is 0 Å². The quantitative estimate of drug-likeness (QED) is 0.534. The average Bonchev–Trinajstić information content (AvgIpc) is 1.82. The molecule has 0 saturated carbocycles. The molecule has 0 fully saturated rings. The molecule has 0 rings (SSSR count). The van der Waals surface area contributed by atoms with E-state index < -0.39 is 0 Å². The third-order valence-corrected chi connectivity index (χ3v) is 1.83. The standard InChI is InChI=1S/C7H13BrO/c1-6(2)7(5-9)3-4-8/h7,9H,1,3-5H2,2H3. The molecule has 1 unspecified atom stereocenters. The Morgan fingerprint density at radius 1 is 1.78 bits per heavy atom. The molecular formula is C7H13BrO. The predicted molar refractivity (Wildman–Crippen MR) is 43.8 cm³/mol. The molecule has 0 bridgehead atoms. The predicted octanol–water partition coefficient (Wildman–Crippen LogP) is 1.96. The van der Waals surface area contributed by atoms with Crippen LogP contribution >= 0.6 is 15.9 Å². The van der Waals surface area contributed by atoms with Crippen molar-refractivity contribution in [2.24, 2.45) is 5.92 Å². The van der Waals surface area contributed by atoms with E-state index in [1.54, 1.807) is 0 Å². The number of alkyl halides is 1. The summed E-state index contributed by atoms with van der Waals surface area (Å²) < 4.78 is 0. The first kappa shape index (κ1) is 9.18. The van der Waals surface area contributed by atoms with Gasteiger partial charge in [-0.25, -0.2) is 0 Å². The number of rotatable bonds is 4. The number of hydrogen-bond donors (Lipinski definition) is 1. The van der Waals surface area contributed by atoms with E-state index in [0.717, 1.165) is 17.3 Å². The summed E-state index contributed by atoms with van der Waals surface area (Å²) in [5.41, 5.74) is 1.07. The number of aliphatic hydroxyl groups is 1. The van der Waals surface area contributed by atoms with Crippen LogP contribution in [0.1, 0.15) is 13.3 Å². The lowest BCUT2D eigenvalue weighted by Crippen LogP contribution is -2.06. The highest BCUT2D eigenvalue weighted by atomic mass is 79.9. The lowest BCUT2D eigenvalue weighted by atomic mass is 10.0. The Balaban J connectivity index is 3.54. The first-order valence-corrected chi connectivity index (χ1v) is 4.16. The summed E-state index contributed by atoms with van der Waals surface area (Å²) in [6.07, 6.45) is 0.978. The molecule has 0 aliphatic heterocycles. The van der Waals surface area contributed by atoms with Crippen molar-refractivity contribution in [3.8, 4) is 0 Å². The van der Waals surface area contributed by atoms with E-state index in [4.69, 9.17) is 5.11 Å². The van der Waals surface area contributed by atoms with E-state index in [9.17, 15) is 0 Å². The van der Waals surface area contributed by atoms with Crippen LogP contribution in [0.4, 0.5) is 0 Å². The Bertz CT molecular complexity index is 90.9. The van der Waals surface area contributed by atoms with Gasteiger partial charge in [0.2, 0.25) is 0 Å². The molecule has 0 aromatic carbocycles. The van der Waals surface area contributed by atoms with Gasteiger partial charge >= 0.3 is 0 Å². The fraction of sp³-hybridized carbons (Fsp3) is 0.714. The van der Waals surface area contributed by atoms with Crippen molar-refractivity contribution >= 4 is 15.9 Å². The van der Waals surface area contributed by atoms with Crippen molar-refractivity contribution in [1.29, 1.82) is 0 Å². The van der Waals surface area contributed by atoms with Gasteiger partial charge in [-0.15, -0.1) is 0 Å². The second kappa shape index (κ2) is 5.00. The minimum Gasteiger partial charge on any atom is -0.396 e. The molecule has 1 atom stereocenters. The van der Waals surface area contributed by atoms with E-state index in [1.807, 2.05) is 6.92 Å². The Hall–Kier alpha value is 0.180. The zero-order chi connectivity index (χ0) is 7.28. The maximum absolute atomic E-state index is 8.75. The number of hydrogen-bond acceptors (Lipinski definition) is 1. The Morgan fingerprint density at radius 3 is 2.44 bits per heavy atom. The van der Waals surface area contributed by atoms with Crippen molar-refractivity contribution in [2.45, 2.75) is 13.3 Å². The van der Waals surface area contributed by atoms with E-state index in [0.29, 0.717) is 0 Å². The third-order valence-electron chi connectivity index (χ3n) is 1.37. The molecule has 0 aliphatic carbocycles. The molecule has 54 valence electrons. The second-order valence-corrected chi connectivity index (χ2v) is 3.00. The summed E-state index contributed by atoms with van der Waals surface area (Å²) in [5, 5.41) is 9.68. The lowest BCUT2D eigenvalue weighted by molar-refractivity contribution is 0.244. The average molecular weight is 193 g/mol. The summed E-state index contributed by atoms with van der Waals surface area (Å²) in [5.74, 6) is 0.282. The fourth-order valence-electron chi connectivity index (χ4n) is 0.625. The Labute approximate surface area is 64.9 Å². The molecule has 0 saturated heterocycles. The molecule has 0 heterocycles. The van der Waals surface area contributed by atoms with Gasteiger partial charge in [0.15, 0.2) is 0 Å². The van der Waals surface area contributed by atoms with Crippen LogP contribution in [-0.2, 0) is 0 Å². The van der Waals surface area contributed by atoms with E-state index in [-0.39, 0.29) is 12.5 Å². The van der Waals surface area contributed by atoms with Crippen LogP contribution in [-0.4, -0.2) is 17.0 Å². The van der Waals surface area contributed by atoms with Gasteiger partial charge in [0.05, 0.1) is 0 Å². The summed E-state index contributed by atoms with van der Waals surface area (Å²) in [4.78, 5) is 0. The first-order valence-electron chi connectivity index (χ1n) is 3.04. The molecule has 0 aliphatic rings. The molecule has 9 heavy (non-hydrogen) atoms. The molecule has 1 nitrogen and oxygen atoms in total. The first-order chi connectivity index (χ1) is 4.22. The van der Waals surface area contributed by atoms with Crippen LogP contribution in [0.3, 0.4) is 0 Å². The molecule has 1 N–H and O–H groups in total. The fourth-order valence-corrected chi connectivity index (χ4v) is 1.18. The minimum absolute atomic E-state index is 0.223. The summed E-state index contributed by atoms with van der Waals surface area (Å²) in [6, 6.07) is 0. The van der Waals surface area contributed by atoms with Gasteiger partial charge in [0.25, 0.3) is 0 Å². The van der Waals surface area contributed by atoms with Crippen LogP contribution < -0.4 is 0 Å². The molecule has 0 aromatic heterocycles. The zero-order valence-corrected chi connectivity index (χ0v) is 7.32. The van der Waals surface area contributed by atoms with Crippen LogP contribution in [0, 0.1) is 5.92 Å². The molecule has 2 heteroatoms. The second-order valence-electron chi connectivity index (χ2n) is 2.20. The molecule has 0 aromatic rings. The van der Waals surface area contributed by atoms with Crippen molar-refractivity contribution in [1.82, 2.24) is 0 Å². The van der Waals surface area contributed by atoms with Crippen LogP contribution in [0.5, 0.6) is 0 Å². The maximum atomic E-state index is 8.75. The van der Waals surface area contributed by atoms with Gasteiger partial charge in [-0.3, -0.25) is 0 Å². The van der Waals surface area contributed by atoms with Crippen LogP contribution in [0.15, 0.2) is 12.2 Å².